The molecule has 1 aliphatic heterocycles. The van der Waals surface area contributed by atoms with Gasteiger partial charge in [-0.05, 0) is 37.8 Å². The quantitative estimate of drug-likeness (QED) is 0.762. The minimum Gasteiger partial charge on any atom is -0.480 e. The normalized spacial score (nSPS) is 23.3. The Labute approximate surface area is 92.5 Å². The van der Waals surface area contributed by atoms with Crippen LogP contribution in [0.5, 0.6) is 0 Å². The molecule has 3 heteroatoms. The molecule has 1 fully saturated rings. The van der Waals surface area contributed by atoms with Gasteiger partial charge in [0, 0.05) is 0 Å². The van der Waals surface area contributed by atoms with Crippen LogP contribution >= 0.6 is 0 Å². The highest BCUT2D eigenvalue weighted by molar-refractivity contribution is 5.73. The maximum atomic E-state index is 11.0. The van der Waals surface area contributed by atoms with Crippen LogP contribution in [0.3, 0.4) is 0 Å². The third-order valence-electron chi connectivity index (χ3n) is 3.68. The molecule has 88 valence electrons. The Morgan fingerprint density at radius 2 is 2.20 bits per heavy atom. The van der Waals surface area contributed by atoms with Gasteiger partial charge in [-0.25, -0.2) is 0 Å². The molecule has 15 heavy (non-hydrogen) atoms. The van der Waals surface area contributed by atoms with Crippen LogP contribution in [0.4, 0.5) is 0 Å². The van der Waals surface area contributed by atoms with Gasteiger partial charge in [-0.2, -0.15) is 0 Å². The van der Waals surface area contributed by atoms with E-state index in [2.05, 4.69) is 25.7 Å². The second-order valence-corrected chi connectivity index (χ2v) is 5.30. The number of hydrogen-bond donors (Lipinski definition) is 1. The Balaban J connectivity index is 2.41. The summed E-state index contributed by atoms with van der Waals surface area (Å²) in [6.07, 6.45) is 4.09. The van der Waals surface area contributed by atoms with Crippen molar-refractivity contribution in [2.75, 3.05) is 13.1 Å². The van der Waals surface area contributed by atoms with Gasteiger partial charge in [0.1, 0.15) is 6.04 Å². The van der Waals surface area contributed by atoms with Gasteiger partial charge in [0.25, 0.3) is 0 Å². The predicted molar refractivity (Wildman–Crippen MR) is 60.9 cm³/mol. The van der Waals surface area contributed by atoms with Gasteiger partial charge in [-0.1, -0.05) is 27.2 Å². The second-order valence-electron chi connectivity index (χ2n) is 5.30. The van der Waals surface area contributed by atoms with Gasteiger partial charge >= 0.3 is 5.97 Å². The van der Waals surface area contributed by atoms with Crippen LogP contribution < -0.4 is 0 Å². The van der Waals surface area contributed by atoms with Crippen LogP contribution in [0, 0.1) is 5.41 Å². The first-order valence-electron chi connectivity index (χ1n) is 5.93. The molecular weight excluding hydrogens is 190 g/mol. The lowest BCUT2D eigenvalue weighted by atomic mass is 9.86. The van der Waals surface area contributed by atoms with Crippen LogP contribution in [0.25, 0.3) is 0 Å². The fraction of sp³-hybridized carbons (Fsp3) is 0.917. The molecule has 3 nitrogen and oxygen atoms in total. The first-order valence-corrected chi connectivity index (χ1v) is 5.93. The summed E-state index contributed by atoms with van der Waals surface area (Å²) < 4.78 is 0. The van der Waals surface area contributed by atoms with Crippen molar-refractivity contribution in [3.05, 3.63) is 0 Å². The van der Waals surface area contributed by atoms with E-state index in [0.717, 1.165) is 38.8 Å². The largest absolute Gasteiger partial charge is 0.480 e. The molecule has 0 aliphatic carbocycles. The van der Waals surface area contributed by atoms with Gasteiger partial charge in [0.05, 0.1) is 0 Å². The molecule has 0 saturated carbocycles. The molecule has 1 heterocycles. The smallest absolute Gasteiger partial charge is 0.320 e. The molecule has 1 aliphatic rings. The Morgan fingerprint density at radius 1 is 1.53 bits per heavy atom. The molecule has 0 aromatic heterocycles. The zero-order valence-electron chi connectivity index (χ0n) is 10.1. The first kappa shape index (κ1) is 12.5. The molecule has 0 bridgehead atoms. The van der Waals surface area contributed by atoms with Crippen molar-refractivity contribution in [3.63, 3.8) is 0 Å². The van der Waals surface area contributed by atoms with Crippen LogP contribution in [0.2, 0.25) is 0 Å². The monoisotopic (exact) mass is 213 g/mol. The summed E-state index contributed by atoms with van der Waals surface area (Å²) in [5.74, 6) is -0.651. The highest BCUT2D eigenvalue weighted by Crippen LogP contribution is 2.27. The van der Waals surface area contributed by atoms with E-state index >= 15 is 0 Å². The van der Waals surface area contributed by atoms with Crippen molar-refractivity contribution in [3.8, 4) is 0 Å². The molecule has 1 unspecified atom stereocenters. The zero-order valence-corrected chi connectivity index (χ0v) is 10.1. The minimum absolute atomic E-state index is 0.224. The molecule has 1 N–H and O–H groups in total. The Kier molecular flexibility index (Phi) is 4.14. The highest BCUT2D eigenvalue weighted by Gasteiger charge is 2.31. The topological polar surface area (TPSA) is 40.5 Å². The molecule has 1 atom stereocenters. The lowest BCUT2D eigenvalue weighted by Crippen LogP contribution is -2.37. The summed E-state index contributed by atoms with van der Waals surface area (Å²) in [7, 11) is 0. The lowest BCUT2D eigenvalue weighted by molar-refractivity contribution is -0.142. The van der Waals surface area contributed by atoms with Crippen molar-refractivity contribution in [1.29, 1.82) is 0 Å². The van der Waals surface area contributed by atoms with Gasteiger partial charge in [0.2, 0.25) is 0 Å². The second kappa shape index (κ2) is 4.97. The first-order chi connectivity index (χ1) is 6.96. The fourth-order valence-electron chi connectivity index (χ4n) is 2.00. The molecule has 1 saturated heterocycles. The average molecular weight is 213 g/mol. The van der Waals surface area contributed by atoms with Crippen molar-refractivity contribution in [1.82, 2.24) is 4.90 Å². The Bertz CT molecular complexity index is 226. The molecule has 0 radical (unpaired) electrons. The number of aliphatic carboxylic acids is 1. The molecule has 0 aromatic rings. The number of hydrogen-bond acceptors (Lipinski definition) is 2. The van der Waals surface area contributed by atoms with Gasteiger partial charge in [-0.15, -0.1) is 0 Å². The molecular formula is C12H23NO2. The number of likely N-dealkylation sites (tertiary alicyclic amines) is 1. The van der Waals surface area contributed by atoms with E-state index in [0.29, 0.717) is 5.41 Å². The van der Waals surface area contributed by atoms with Crippen molar-refractivity contribution >= 4 is 5.97 Å². The number of carboxylic acid groups (broad SMARTS) is 1. The average Bonchev–Trinajstić information content (AvgIpc) is 2.63. The summed E-state index contributed by atoms with van der Waals surface area (Å²) in [6.45, 7) is 8.57. The predicted octanol–water partition coefficient (Wildman–Crippen LogP) is 2.36. The van der Waals surface area contributed by atoms with E-state index in [-0.39, 0.29) is 6.04 Å². The summed E-state index contributed by atoms with van der Waals surface area (Å²) in [6, 6.07) is -0.224. The fourth-order valence-corrected chi connectivity index (χ4v) is 2.00. The summed E-state index contributed by atoms with van der Waals surface area (Å²) >= 11 is 0. The van der Waals surface area contributed by atoms with Crippen molar-refractivity contribution < 1.29 is 9.90 Å². The van der Waals surface area contributed by atoms with E-state index in [1.165, 1.54) is 0 Å². The summed E-state index contributed by atoms with van der Waals surface area (Å²) in [5.41, 5.74) is 0.339. The Hall–Kier alpha value is -0.570. The summed E-state index contributed by atoms with van der Waals surface area (Å²) in [4.78, 5) is 13.1. The van der Waals surface area contributed by atoms with Crippen LogP contribution in [-0.2, 0) is 4.79 Å². The van der Waals surface area contributed by atoms with Crippen molar-refractivity contribution in [2.45, 2.75) is 52.5 Å². The van der Waals surface area contributed by atoms with Crippen LogP contribution in [0.15, 0.2) is 0 Å². The third-order valence-corrected chi connectivity index (χ3v) is 3.68. The Morgan fingerprint density at radius 3 is 2.73 bits per heavy atom. The van der Waals surface area contributed by atoms with Crippen molar-refractivity contribution in [2.24, 2.45) is 5.41 Å². The number of carbonyl (C=O) groups is 1. The van der Waals surface area contributed by atoms with Crippen LogP contribution in [0.1, 0.15) is 46.5 Å². The lowest BCUT2D eigenvalue weighted by Gasteiger charge is -2.28. The molecule has 1 rings (SSSR count). The van der Waals surface area contributed by atoms with E-state index in [1.807, 2.05) is 0 Å². The molecule has 0 aromatic carbocycles. The zero-order chi connectivity index (χ0) is 11.5. The van der Waals surface area contributed by atoms with E-state index < -0.39 is 5.97 Å². The van der Waals surface area contributed by atoms with Gasteiger partial charge < -0.3 is 5.11 Å². The van der Waals surface area contributed by atoms with Crippen LogP contribution in [-0.4, -0.2) is 35.1 Å². The number of nitrogens with zero attached hydrogens (tertiary/aromatic N) is 1. The molecule has 0 amide bonds. The SMILES string of the molecule is CCC(C)(C)CCN1CCCC1C(=O)O. The standard InChI is InChI=1S/C12H23NO2/c1-4-12(2,3)7-9-13-8-5-6-10(13)11(14)15/h10H,4-9H2,1-3H3,(H,14,15). The minimum atomic E-state index is -0.651. The molecule has 0 spiro atoms. The third kappa shape index (κ3) is 3.49. The maximum absolute atomic E-state index is 11.0. The number of rotatable bonds is 5. The maximum Gasteiger partial charge on any atom is 0.320 e. The highest BCUT2D eigenvalue weighted by atomic mass is 16.4. The van der Waals surface area contributed by atoms with E-state index in [4.69, 9.17) is 5.11 Å². The van der Waals surface area contributed by atoms with E-state index in [1.54, 1.807) is 0 Å². The van der Waals surface area contributed by atoms with Gasteiger partial charge in [-0.3, -0.25) is 9.69 Å². The van der Waals surface area contributed by atoms with E-state index in [9.17, 15) is 4.79 Å². The van der Waals surface area contributed by atoms with Gasteiger partial charge in [0.15, 0.2) is 0 Å². The summed E-state index contributed by atoms with van der Waals surface area (Å²) in [5, 5.41) is 9.03. The number of carboxylic acids is 1.